The lowest BCUT2D eigenvalue weighted by Crippen LogP contribution is -2.35. The van der Waals surface area contributed by atoms with Crippen molar-refractivity contribution in [2.24, 2.45) is 0 Å². The second-order valence-corrected chi connectivity index (χ2v) is 6.05. The Kier molecular flexibility index (Phi) is 8.96. The highest BCUT2D eigenvalue weighted by molar-refractivity contribution is 5.85. The van der Waals surface area contributed by atoms with Crippen LogP contribution in [-0.2, 0) is 11.2 Å². The molecule has 0 aromatic heterocycles. The summed E-state index contributed by atoms with van der Waals surface area (Å²) in [6, 6.07) is 15.5. The van der Waals surface area contributed by atoms with Crippen molar-refractivity contribution in [1.29, 1.82) is 0 Å². The van der Waals surface area contributed by atoms with Gasteiger partial charge in [0.25, 0.3) is 0 Å². The molecule has 0 saturated carbocycles. The summed E-state index contributed by atoms with van der Waals surface area (Å²) in [4.78, 5) is 14.4. The van der Waals surface area contributed by atoms with E-state index in [1.165, 1.54) is 0 Å². The number of halogens is 1. The van der Waals surface area contributed by atoms with Crippen LogP contribution < -0.4 is 14.8 Å². The minimum atomic E-state index is -0.00749. The first-order chi connectivity index (χ1) is 12.0. The van der Waals surface area contributed by atoms with Gasteiger partial charge >= 0.3 is 0 Å². The summed E-state index contributed by atoms with van der Waals surface area (Å²) in [5.41, 5.74) is 2.01. The van der Waals surface area contributed by atoms with E-state index < -0.39 is 0 Å². The maximum atomic E-state index is 12.3. The summed E-state index contributed by atoms with van der Waals surface area (Å²) in [6.07, 6.45) is 0.343. The van der Waals surface area contributed by atoms with E-state index in [0.717, 1.165) is 22.6 Å². The molecule has 1 unspecified atom stereocenters. The second-order valence-electron chi connectivity index (χ2n) is 6.05. The van der Waals surface area contributed by atoms with E-state index in [-0.39, 0.29) is 24.4 Å². The van der Waals surface area contributed by atoms with Crippen LogP contribution in [0.5, 0.6) is 11.5 Å². The molecule has 1 atom stereocenters. The maximum Gasteiger partial charge on any atom is 0.224 e. The van der Waals surface area contributed by atoms with E-state index in [1.807, 2.05) is 62.6 Å². The van der Waals surface area contributed by atoms with Crippen LogP contribution in [0.2, 0.25) is 0 Å². The summed E-state index contributed by atoms with van der Waals surface area (Å²) in [6.45, 7) is 0.516. The predicted molar refractivity (Wildman–Crippen MR) is 106 cm³/mol. The van der Waals surface area contributed by atoms with Crippen molar-refractivity contribution in [2.75, 3.05) is 34.9 Å². The minimum Gasteiger partial charge on any atom is -0.497 e. The number of carbonyl (C=O) groups is 1. The molecule has 0 heterocycles. The third-order valence-electron chi connectivity index (χ3n) is 4.14. The van der Waals surface area contributed by atoms with Crippen molar-refractivity contribution >= 4 is 18.3 Å². The highest BCUT2D eigenvalue weighted by Crippen LogP contribution is 2.27. The zero-order valence-corrected chi connectivity index (χ0v) is 16.5. The Morgan fingerprint density at radius 2 is 1.69 bits per heavy atom. The van der Waals surface area contributed by atoms with Crippen LogP contribution in [0.15, 0.2) is 48.5 Å². The fourth-order valence-electron chi connectivity index (χ4n) is 2.71. The Morgan fingerprint density at radius 1 is 1.04 bits per heavy atom. The van der Waals surface area contributed by atoms with Gasteiger partial charge in [-0.25, -0.2) is 0 Å². The Hall–Kier alpha value is -2.24. The number of rotatable bonds is 8. The highest BCUT2D eigenvalue weighted by Gasteiger charge is 2.19. The van der Waals surface area contributed by atoms with E-state index in [9.17, 15) is 4.79 Å². The van der Waals surface area contributed by atoms with Crippen LogP contribution in [0, 0.1) is 0 Å². The molecule has 26 heavy (non-hydrogen) atoms. The van der Waals surface area contributed by atoms with E-state index in [0.29, 0.717) is 13.0 Å². The van der Waals surface area contributed by atoms with E-state index in [1.54, 1.807) is 14.2 Å². The van der Waals surface area contributed by atoms with Crippen LogP contribution in [0.25, 0.3) is 0 Å². The molecule has 6 heteroatoms. The lowest BCUT2D eigenvalue weighted by molar-refractivity contribution is -0.120. The van der Waals surface area contributed by atoms with Gasteiger partial charge in [0.05, 0.1) is 26.7 Å². The van der Waals surface area contributed by atoms with Gasteiger partial charge in [-0.15, -0.1) is 12.4 Å². The van der Waals surface area contributed by atoms with Gasteiger partial charge in [0.15, 0.2) is 0 Å². The molecule has 142 valence electrons. The molecule has 0 bridgehead atoms. The van der Waals surface area contributed by atoms with Crippen molar-refractivity contribution < 1.29 is 14.3 Å². The van der Waals surface area contributed by atoms with Gasteiger partial charge < -0.3 is 19.7 Å². The number of carbonyl (C=O) groups excluding carboxylic acids is 1. The molecule has 0 fully saturated rings. The molecule has 5 nitrogen and oxygen atoms in total. The zero-order valence-electron chi connectivity index (χ0n) is 15.7. The van der Waals surface area contributed by atoms with E-state index in [2.05, 4.69) is 10.2 Å². The number of hydrogen-bond donors (Lipinski definition) is 1. The highest BCUT2D eigenvalue weighted by atomic mass is 35.5. The van der Waals surface area contributed by atoms with Gasteiger partial charge in [0.1, 0.15) is 11.5 Å². The van der Waals surface area contributed by atoms with Gasteiger partial charge in [-0.2, -0.15) is 0 Å². The summed E-state index contributed by atoms with van der Waals surface area (Å²) >= 11 is 0. The number of likely N-dealkylation sites (N-methyl/N-ethyl adjacent to an activating group) is 1. The number of para-hydroxylation sites is 1. The van der Waals surface area contributed by atoms with E-state index >= 15 is 0 Å². The van der Waals surface area contributed by atoms with Gasteiger partial charge in [0, 0.05) is 12.1 Å². The molecular weight excluding hydrogens is 352 g/mol. The Labute approximate surface area is 161 Å². The predicted octanol–water partition coefficient (Wildman–Crippen LogP) is 3.09. The van der Waals surface area contributed by atoms with Crippen LogP contribution in [0.4, 0.5) is 0 Å². The Morgan fingerprint density at radius 3 is 2.27 bits per heavy atom. The molecule has 0 aliphatic carbocycles. The molecule has 1 amide bonds. The number of amides is 1. The first-order valence-electron chi connectivity index (χ1n) is 8.24. The molecule has 0 radical (unpaired) electrons. The Balaban J connectivity index is 0.00000338. The molecule has 0 saturated heterocycles. The molecule has 2 aromatic carbocycles. The van der Waals surface area contributed by atoms with Crippen LogP contribution in [0.1, 0.15) is 17.2 Å². The number of ether oxygens (including phenoxy) is 2. The third kappa shape index (κ3) is 5.93. The molecule has 0 aliphatic rings. The average Bonchev–Trinajstić information content (AvgIpc) is 2.62. The van der Waals surface area contributed by atoms with Gasteiger partial charge in [0.2, 0.25) is 5.91 Å². The summed E-state index contributed by atoms with van der Waals surface area (Å²) in [5, 5.41) is 3.02. The number of hydrogen-bond acceptors (Lipinski definition) is 4. The van der Waals surface area contributed by atoms with Crippen molar-refractivity contribution in [3.63, 3.8) is 0 Å². The van der Waals surface area contributed by atoms with Crippen molar-refractivity contribution in [1.82, 2.24) is 10.2 Å². The lowest BCUT2D eigenvalue weighted by Gasteiger charge is -2.26. The molecule has 0 spiro atoms. The zero-order chi connectivity index (χ0) is 18.2. The average molecular weight is 379 g/mol. The first kappa shape index (κ1) is 21.8. The number of benzene rings is 2. The van der Waals surface area contributed by atoms with Crippen molar-refractivity contribution in [3.05, 3.63) is 59.7 Å². The maximum absolute atomic E-state index is 12.3. The normalized spacial score (nSPS) is 11.4. The number of nitrogens with one attached hydrogen (secondary N) is 1. The van der Waals surface area contributed by atoms with Gasteiger partial charge in [-0.05, 0) is 37.9 Å². The van der Waals surface area contributed by atoms with Crippen LogP contribution in [-0.4, -0.2) is 45.7 Å². The first-order valence-corrected chi connectivity index (χ1v) is 8.24. The fourth-order valence-corrected chi connectivity index (χ4v) is 2.71. The summed E-state index contributed by atoms with van der Waals surface area (Å²) < 4.78 is 10.6. The minimum absolute atomic E-state index is 0. The number of nitrogens with zero attached hydrogens (tertiary/aromatic N) is 1. The largest absolute Gasteiger partial charge is 0.497 e. The topological polar surface area (TPSA) is 50.8 Å². The SMILES string of the molecule is COc1ccc(CC(=O)NCC(c2ccccc2OC)N(C)C)cc1.Cl. The number of methoxy groups -OCH3 is 2. The van der Waals surface area contributed by atoms with Gasteiger partial charge in [-0.3, -0.25) is 4.79 Å². The Bertz CT molecular complexity index is 690. The standard InChI is InChI=1S/C20H26N2O3.ClH/c1-22(2)18(17-7-5-6-8-19(17)25-4)14-21-20(23)13-15-9-11-16(24-3)12-10-15;/h5-12,18H,13-14H2,1-4H3,(H,21,23);1H. The monoisotopic (exact) mass is 378 g/mol. The molecule has 1 N–H and O–H groups in total. The second kappa shape index (κ2) is 10.7. The smallest absolute Gasteiger partial charge is 0.224 e. The third-order valence-corrected chi connectivity index (χ3v) is 4.14. The van der Waals surface area contributed by atoms with Gasteiger partial charge in [-0.1, -0.05) is 30.3 Å². The lowest BCUT2D eigenvalue weighted by atomic mass is 10.0. The van der Waals surface area contributed by atoms with Crippen LogP contribution in [0.3, 0.4) is 0 Å². The quantitative estimate of drug-likeness (QED) is 0.767. The molecular formula is C20H27ClN2O3. The molecule has 2 rings (SSSR count). The van der Waals surface area contributed by atoms with Crippen molar-refractivity contribution in [2.45, 2.75) is 12.5 Å². The summed E-state index contributed by atoms with van der Waals surface area (Å²) in [7, 11) is 7.27. The van der Waals surface area contributed by atoms with E-state index in [4.69, 9.17) is 9.47 Å². The van der Waals surface area contributed by atoms with Crippen LogP contribution >= 0.6 is 12.4 Å². The summed E-state index contributed by atoms with van der Waals surface area (Å²) in [5.74, 6) is 1.60. The van der Waals surface area contributed by atoms with Crippen molar-refractivity contribution in [3.8, 4) is 11.5 Å². The molecule has 2 aromatic rings. The molecule has 0 aliphatic heterocycles. The fraction of sp³-hybridized carbons (Fsp3) is 0.350.